The molecule has 13 heavy (non-hydrogen) atoms. The monoisotopic (exact) mass is 179 g/mol. The van der Waals surface area contributed by atoms with Crippen LogP contribution in [-0.2, 0) is 0 Å². The SMILES string of the molecule is Cc1nc([C@H]2CCCN2)cc(=O)[nH]1. The van der Waals surface area contributed by atoms with Crippen LogP contribution in [0, 0.1) is 6.92 Å². The summed E-state index contributed by atoms with van der Waals surface area (Å²) in [6, 6.07) is 1.86. The average molecular weight is 179 g/mol. The van der Waals surface area contributed by atoms with Crippen molar-refractivity contribution in [2.75, 3.05) is 6.54 Å². The molecule has 4 nitrogen and oxygen atoms in total. The van der Waals surface area contributed by atoms with Crippen LogP contribution in [0.5, 0.6) is 0 Å². The lowest BCUT2D eigenvalue weighted by Gasteiger charge is -2.08. The highest BCUT2D eigenvalue weighted by molar-refractivity contribution is 5.08. The third-order valence-electron chi connectivity index (χ3n) is 2.30. The molecule has 0 bridgehead atoms. The highest BCUT2D eigenvalue weighted by Crippen LogP contribution is 2.19. The summed E-state index contributed by atoms with van der Waals surface area (Å²) in [6.07, 6.45) is 2.24. The third kappa shape index (κ3) is 1.78. The minimum atomic E-state index is -0.0591. The fourth-order valence-corrected chi connectivity index (χ4v) is 1.72. The zero-order valence-corrected chi connectivity index (χ0v) is 7.63. The van der Waals surface area contributed by atoms with Crippen LogP contribution in [0.25, 0.3) is 0 Å². The molecular weight excluding hydrogens is 166 g/mol. The van der Waals surface area contributed by atoms with E-state index in [2.05, 4.69) is 15.3 Å². The highest BCUT2D eigenvalue weighted by atomic mass is 16.1. The summed E-state index contributed by atoms with van der Waals surface area (Å²) < 4.78 is 0. The second-order valence-electron chi connectivity index (χ2n) is 3.40. The van der Waals surface area contributed by atoms with Crippen LogP contribution >= 0.6 is 0 Å². The first-order valence-corrected chi connectivity index (χ1v) is 4.57. The van der Waals surface area contributed by atoms with E-state index in [1.807, 2.05) is 0 Å². The van der Waals surface area contributed by atoms with E-state index < -0.39 is 0 Å². The number of rotatable bonds is 1. The molecule has 0 aliphatic carbocycles. The Labute approximate surface area is 76.4 Å². The average Bonchev–Trinajstić information content (AvgIpc) is 2.53. The van der Waals surface area contributed by atoms with Gasteiger partial charge in [-0.3, -0.25) is 4.79 Å². The van der Waals surface area contributed by atoms with Gasteiger partial charge in [0.25, 0.3) is 5.56 Å². The van der Waals surface area contributed by atoms with Crippen molar-refractivity contribution in [2.45, 2.75) is 25.8 Å². The van der Waals surface area contributed by atoms with E-state index in [0.29, 0.717) is 5.82 Å². The van der Waals surface area contributed by atoms with Crippen LogP contribution in [0.2, 0.25) is 0 Å². The van der Waals surface area contributed by atoms with Crippen LogP contribution in [-0.4, -0.2) is 16.5 Å². The van der Waals surface area contributed by atoms with E-state index in [4.69, 9.17) is 0 Å². The molecule has 1 saturated heterocycles. The molecule has 0 spiro atoms. The Morgan fingerprint density at radius 3 is 3.08 bits per heavy atom. The molecule has 0 saturated carbocycles. The molecule has 1 atom stereocenters. The van der Waals surface area contributed by atoms with Crippen LogP contribution < -0.4 is 10.9 Å². The van der Waals surface area contributed by atoms with E-state index in [9.17, 15) is 4.79 Å². The molecule has 1 aliphatic heterocycles. The number of H-pyrrole nitrogens is 1. The molecule has 4 heteroatoms. The number of hydrogen-bond acceptors (Lipinski definition) is 3. The number of aromatic nitrogens is 2. The maximum atomic E-state index is 11.1. The number of nitrogens with zero attached hydrogens (tertiary/aromatic N) is 1. The minimum Gasteiger partial charge on any atom is -0.311 e. The molecule has 2 heterocycles. The lowest BCUT2D eigenvalue weighted by molar-refractivity contribution is 0.621. The summed E-state index contributed by atoms with van der Waals surface area (Å²) >= 11 is 0. The van der Waals surface area contributed by atoms with Crippen LogP contribution in [0.4, 0.5) is 0 Å². The molecule has 1 aromatic heterocycles. The van der Waals surface area contributed by atoms with Gasteiger partial charge in [-0.2, -0.15) is 0 Å². The van der Waals surface area contributed by atoms with Gasteiger partial charge in [-0.25, -0.2) is 4.98 Å². The predicted molar refractivity (Wildman–Crippen MR) is 49.6 cm³/mol. The lowest BCUT2D eigenvalue weighted by Crippen LogP contribution is -2.19. The largest absolute Gasteiger partial charge is 0.311 e. The first-order chi connectivity index (χ1) is 6.25. The van der Waals surface area contributed by atoms with Crippen molar-refractivity contribution in [1.82, 2.24) is 15.3 Å². The third-order valence-corrected chi connectivity index (χ3v) is 2.30. The van der Waals surface area contributed by atoms with Crippen molar-refractivity contribution in [3.8, 4) is 0 Å². The molecule has 1 fully saturated rings. The van der Waals surface area contributed by atoms with Gasteiger partial charge in [-0.1, -0.05) is 0 Å². The molecule has 0 unspecified atom stereocenters. The summed E-state index contributed by atoms with van der Waals surface area (Å²) in [6.45, 7) is 2.83. The summed E-state index contributed by atoms with van der Waals surface area (Å²) in [5.74, 6) is 0.691. The van der Waals surface area contributed by atoms with Crippen molar-refractivity contribution in [1.29, 1.82) is 0 Å². The summed E-state index contributed by atoms with van der Waals surface area (Å²) in [7, 11) is 0. The topological polar surface area (TPSA) is 57.8 Å². The molecule has 0 radical (unpaired) electrons. The van der Waals surface area contributed by atoms with Gasteiger partial charge in [0.2, 0.25) is 0 Å². The second-order valence-corrected chi connectivity index (χ2v) is 3.40. The normalized spacial score (nSPS) is 22.1. The Kier molecular flexibility index (Phi) is 2.14. The smallest absolute Gasteiger partial charge is 0.251 e. The van der Waals surface area contributed by atoms with Gasteiger partial charge in [0.05, 0.1) is 5.69 Å². The minimum absolute atomic E-state index is 0.0591. The van der Waals surface area contributed by atoms with Crippen molar-refractivity contribution >= 4 is 0 Å². The van der Waals surface area contributed by atoms with Gasteiger partial charge < -0.3 is 10.3 Å². The second kappa shape index (κ2) is 3.30. The van der Waals surface area contributed by atoms with Crippen molar-refractivity contribution in [2.24, 2.45) is 0 Å². The maximum absolute atomic E-state index is 11.1. The van der Waals surface area contributed by atoms with Gasteiger partial charge in [-0.05, 0) is 26.3 Å². The quantitative estimate of drug-likeness (QED) is 0.660. The Hall–Kier alpha value is -1.16. The maximum Gasteiger partial charge on any atom is 0.251 e. The fourth-order valence-electron chi connectivity index (χ4n) is 1.72. The number of nitrogens with one attached hydrogen (secondary N) is 2. The van der Waals surface area contributed by atoms with Crippen LogP contribution in [0.1, 0.15) is 30.4 Å². The standard InChI is InChI=1S/C9H13N3O/c1-6-11-8(5-9(13)12-6)7-3-2-4-10-7/h5,7,10H,2-4H2,1H3,(H,11,12,13)/t7-/m1/s1. The van der Waals surface area contributed by atoms with Crippen molar-refractivity contribution < 1.29 is 0 Å². The van der Waals surface area contributed by atoms with Gasteiger partial charge >= 0.3 is 0 Å². The first-order valence-electron chi connectivity index (χ1n) is 4.57. The number of aryl methyl sites for hydroxylation is 1. The van der Waals surface area contributed by atoms with E-state index in [-0.39, 0.29) is 11.6 Å². The number of aromatic amines is 1. The van der Waals surface area contributed by atoms with E-state index in [1.165, 1.54) is 0 Å². The summed E-state index contributed by atoms with van der Waals surface area (Å²) in [5, 5.41) is 3.31. The molecular formula is C9H13N3O. The van der Waals surface area contributed by atoms with Crippen LogP contribution in [0.3, 0.4) is 0 Å². The molecule has 0 aromatic carbocycles. The summed E-state index contributed by atoms with van der Waals surface area (Å²) in [5.41, 5.74) is 0.815. The van der Waals surface area contributed by atoms with Crippen molar-refractivity contribution in [3.05, 3.63) is 27.9 Å². The van der Waals surface area contributed by atoms with Crippen molar-refractivity contribution in [3.63, 3.8) is 0 Å². The van der Waals surface area contributed by atoms with Gasteiger partial charge in [0.15, 0.2) is 0 Å². The first kappa shape index (κ1) is 8.44. The highest BCUT2D eigenvalue weighted by Gasteiger charge is 2.17. The summed E-state index contributed by atoms with van der Waals surface area (Å²) in [4.78, 5) is 18.1. The van der Waals surface area contributed by atoms with E-state index in [0.717, 1.165) is 25.1 Å². The van der Waals surface area contributed by atoms with Gasteiger partial charge in [0, 0.05) is 12.1 Å². The van der Waals surface area contributed by atoms with Gasteiger partial charge in [-0.15, -0.1) is 0 Å². The molecule has 2 N–H and O–H groups in total. The fraction of sp³-hybridized carbons (Fsp3) is 0.556. The Balaban J connectivity index is 2.33. The zero-order valence-electron chi connectivity index (χ0n) is 7.63. The Morgan fingerprint density at radius 1 is 1.62 bits per heavy atom. The predicted octanol–water partition coefficient (Wildman–Crippen LogP) is 0.503. The molecule has 2 rings (SSSR count). The number of hydrogen-bond donors (Lipinski definition) is 2. The Morgan fingerprint density at radius 2 is 2.46 bits per heavy atom. The van der Waals surface area contributed by atoms with E-state index >= 15 is 0 Å². The molecule has 0 amide bonds. The molecule has 70 valence electrons. The lowest BCUT2D eigenvalue weighted by atomic mass is 10.1. The van der Waals surface area contributed by atoms with Crippen LogP contribution in [0.15, 0.2) is 10.9 Å². The Bertz CT molecular complexity index is 352. The van der Waals surface area contributed by atoms with E-state index in [1.54, 1.807) is 13.0 Å². The molecule has 1 aromatic rings. The zero-order chi connectivity index (χ0) is 9.26. The molecule has 1 aliphatic rings. The van der Waals surface area contributed by atoms with Gasteiger partial charge in [0.1, 0.15) is 5.82 Å².